The van der Waals surface area contributed by atoms with E-state index in [1.807, 2.05) is 32.0 Å². The Labute approximate surface area is 154 Å². The van der Waals surface area contributed by atoms with Gasteiger partial charge in [0, 0.05) is 36.8 Å². The molecule has 0 saturated heterocycles. The normalized spacial score (nSPS) is 14.7. The Hall–Kier alpha value is -2.38. The number of hydrogen-bond acceptors (Lipinski definition) is 4. The minimum atomic E-state index is -3.59. The number of carbonyl (C=O) groups is 1. The highest BCUT2D eigenvalue weighted by molar-refractivity contribution is 7.93. The zero-order chi connectivity index (χ0) is 19.1. The molecule has 1 aliphatic rings. The molecule has 2 aromatic rings. The fourth-order valence-corrected chi connectivity index (χ4v) is 4.70. The summed E-state index contributed by atoms with van der Waals surface area (Å²) >= 11 is 0. The number of fused-ring (bicyclic) bond motifs is 3. The third-order valence-electron chi connectivity index (χ3n) is 4.54. The van der Waals surface area contributed by atoms with Gasteiger partial charge >= 0.3 is 0 Å². The Balaban J connectivity index is 2.07. The van der Waals surface area contributed by atoms with Crippen LogP contribution in [-0.4, -0.2) is 53.5 Å². The van der Waals surface area contributed by atoms with Gasteiger partial charge in [-0.25, -0.2) is 8.42 Å². The van der Waals surface area contributed by atoms with E-state index in [1.165, 1.54) is 4.31 Å². The molecule has 1 amide bonds. The smallest absolute Gasteiger partial charge is 0.264 e. The maximum absolute atomic E-state index is 12.8. The standard InChI is InChI=1S/C19H23N3O3S/c1-13-11-14(19(23)20-9-10-21(2)3)12-16-15-7-5-6-8-17(15)26(24,25)22(4)18(13)16/h5-8,11-12H,9-10H2,1-4H3,(H,20,23). The number of likely N-dealkylation sites (N-methyl/N-ethyl adjacent to an activating group) is 1. The van der Waals surface area contributed by atoms with Crippen molar-refractivity contribution in [2.24, 2.45) is 0 Å². The molecule has 6 nitrogen and oxygen atoms in total. The molecule has 0 bridgehead atoms. The lowest BCUT2D eigenvalue weighted by molar-refractivity contribution is 0.0951. The molecule has 26 heavy (non-hydrogen) atoms. The quantitative estimate of drug-likeness (QED) is 0.891. The number of benzene rings is 2. The van der Waals surface area contributed by atoms with E-state index in [0.29, 0.717) is 23.4 Å². The maximum Gasteiger partial charge on any atom is 0.264 e. The van der Waals surface area contributed by atoms with Gasteiger partial charge in [-0.2, -0.15) is 0 Å². The van der Waals surface area contributed by atoms with Crippen LogP contribution >= 0.6 is 0 Å². The fourth-order valence-electron chi connectivity index (χ4n) is 3.21. The fraction of sp³-hybridized carbons (Fsp3) is 0.316. The van der Waals surface area contributed by atoms with E-state index in [9.17, 15) is 13.2 Å². The van der Waals surface area contributed by atoms with E-state index in [4.69, 9.17) is 0 Å². The van der Waals surface area contributed by atoms with Crippen molar-refractivity contribution in [3.63, 3.8) is 0 Å². The van der Waals surface area contributed by atoms with E-state index in [-0.39, 0.29) is 10.8 Å². The van der Waals surface area contributed by atoms with Gasteiger partial charge in [-0.1, -0.05) is 18.2 Å². The molecule has 0 unspecified atom stereocenters. The first-order chi connectivity index (χ1) is 12.2. The molecule has 0 fully saturated rings. The number of nitrogens with zero attached hydrogens (tertiary/aromatic N) is 2. The zero-order valence-electron chi connectivity index (χ0n) is 15.4. The van der Waals surface area contributed by atoms with Crippen LogP contribution in [0.2, 0.25) is 0 Å². The average molecular weight is 373 g/mol. The van der Waals surface area contributed by atoms with Gasteiger partial charge in [0.25, 0.3) is 15.9 Å². The summed E-state index contributed by atoms with van der Waals surface area (Å²) in [6.45, 7) is 3.13. The molecule has 1 N–H and O–H groups in total. The Morgan fingerprint density at radius 3 is 2.54 bits per heavy atom. The van der Waals surface area contributed by atoms with Gasteiger partial charge in [-0.05, 0) is 44.8 Å². The molecular weight excluding hydrogens is 350 g/mol. The molecule has 7 heteroatoms. The molecule has 3 rings (SSSR count). The lowest BCUT2D eigenvalue weighted by atomic mass is 9.96. The highest BCUT2D eigenvalue weighted by Gasteiger charge is 2.33. The monoisotopic (exact) mass is 373 g/mol. The highest BCUT2D eigenvalue weighted by Crippen LogP contribution is 2.44. The second-order valence-electron chi connectivity index (χ2n) is 6.72. The summed E-state index contributed by atoms with van der Waals surface area (Å²) < 4.78 is 26.9. The van der Waals surface area contributed by atoms with Crippen LogP contribution in [0.15, 0.2) is 41.3 Å². The zero-order valence-corrected chi connectivity index (χ0v) is 16.2. The van der Waals surface area contributed by atoms with Crippen LogP contribution in [0.1, 0.15) is 15.9 Å². The Bertz CT molecular complexity index is 968. The SMILES string of the molecule is Cc1cc(C(=O)NCCN(C)C)cc2c1N(C)S(=O)(=O)c1ccccc1-2. The minimum Gasteiger partial charge on any atom is -0.351 e. The van der Waals surface area contributed by atoms with Gasteiger partial charge in [-0.3, -0.25) is 9.10 Å². The number of aryl methyl sites for hydroxylation is 1. The van der Waals surface area contributed by atoms with Gasteiger partial charge in [0.1, 0.15) is 0 Å². The summed E-state index contributed by atoms with van der Waals surface area (Å²) in [4.78, 5) is 14.8. The largest absolute Gasteiger partial charge is 0.351 e. The summed E-state index contributed by atoms with van der Waals surface area (Å²) in [5.41, 5.74) is 3.29. The lowest BCUT2D eigenvalue weighted by Gasteiger charge is -2.31. The number of carbonyl (C=O) groups excluding carboxylic acids is 1. The van der Waals surface area contributed by atoms with E-state index in [0.717, 1.165) is 17.7 Å². The first-order valence-corrected chi connectivity index (χ1v) is 9.83. The molecule has 0 atom stereocenters. The average Bonchev–Trinajstić information content (AvgIpc) is 2.59. The predicted octanol–water partition coefficient (Wildman–Crippen LogP) is 2.09. The van der Waals surface area contributed by atoms with Crippen LogP contribution in [0.3, 0.4) is 0 Å². The van der Waals surface area contributed by atoms with Crippen molar-refractivity contribution in [3.8, 4) is 11.1 Å². The van der Waals surface area contributed by atoms with Gasteiger partial charge in [0.15, 0.2) is 0 Å². The molecule has 0 aliphatic carbocycles. The van der Waals surface area contributed by atoms with Crippen LogP contribution in [0.25, 0.3) is 11.1 Å². The molecule has 1 aliphatic heterocycles. The van der Waals surface area contributed by atoms with Crippen LogP contribution < -0.4 is 9.62 Å². The summed E-state index contributed by atoms with van der Waals surface area (Å²) in [6.07, 6.45) is 0. The molecule has 0 aromatic heterocycles. The topological polar surface area (TPSA) is 69.7 Å². The molecule has 0 spiro atoms. The van der Waals surface area contributed by atoms with Crippen LogP contribution in [0.4, 0.5) is 5.69 Å². The van der Waals surface area contributed by atoms with E-state index >= 15 is 0 Å². The van der Waals surface area contributed by atoms with Gasteiger partial charge in [0.2, 0.25) is 0 Å². The first kappa shape index (κ1) is 18.4. The molecule has 0 saturated carbocycles. The summed E-state index contributed by atoms with van der Waals surface area (Å²) in [5, 5.41) is 2.90. The Morgan fingerprint density at radius 1 is 1.15 bits per heavy atom. The molecule has 138 valence electrons. The van der Waals surface area contributed by atoms with Crippen LogP contribution in [-0.2, 0) is 10.0 Å². The number of nitrogens with one attached hydrogen (secondary N) is 1. The van der Waals surface area contributed by atoms with Crippen molar-refractivity contribution in [1.82, 2.24) is 10.2 Å². The Morgan fingerprint density at radius 2 is 1.85 bits per heavy atom. The first-order valence-electron chi connectivity index (χ1n) is 8.39. The molecule has 2 aromatic carbocycles. The van der Waals surface area contributed by atoms with Crippen molar-refractivity contribution >= 4 is 21.6 Å². The summed E-state index contributed by atoms with van der Waals surface area (Å²) in [6, 6.07) is 10.4. The predicted molar refractivity (Wildman–Crippen MR) is 103 cm³/mol. The van der Waals surface area contributed by atoms with Gasteiger partial charge in [0.05, 0.1) is 10.6 Å². The van der Waals surface area contributed by atoms with Gasteiger partial charge in [-0.15, -0.1) is 0 Å². The summed E-state index contributed by atoms with van der Waals surface area (Å²) in [5.74, 6) is -0.161. The van der Waals surface area contributed by atoms with Crippen molar-refractivity contribution < 1.29 is 13.2 Å². The van der Waals surface area contributed by atoms with Crippen molar-refractivity contribution in [3.05, 3.63) is 47.5 Å². The number of anilines is 1. The van der Waals surface area contributed by atoms with Crippen molar-refractivity contribution in [1.29, 1.82) is 0 Å². The lowest BCUT2D eigenvalue weighted by Crippen LogP contribution is -2.33. The van der Waals surface area contributed by atoms with E-state index < -0.39 is 10.0 Å². The van der Waals surface area contributed by atoms with E-state index in [2.05, 4.69) is 5.32 Å². The molecule has 1 heterocycles. The minimum absolute atomic E-state index is 0.161. The van der Waals surface area contributed by atoms with Crippen molar-refractivity contribution in [2.45, 2.75) is 11.8 Å². The summed E-state index contributed by atoms with van der Waals surface area (Å²) in [7, 11) is 1.86. The van der Waals surface area contributed by atoms with Crippen LogP contribution in [0, 0.1) is 6.92 Å². The number of hydrogen-bond donors (Lipinski definition) is 1. The number of amides is 1. The number of sulfonamides is 1. The van der Waals surface area contributed by atoms with E-state index in [1.54, 1.807) is 37.4 Å². The maximum atomic E-state index is 12.8. The molecule has 0 radical (unpaired) electrons. The molecular formula is C19H23N3O3S. The van der Waals surface area contributed by atoms with Crippen LogP contribution in [0.5, 0.6) is 0 Å². The van der Waals surface area contributed by atoms with Gasteiger partial charge < -0.3 is 10.2 Å². The second kappa shape index (κ2) is 6.74. The third-order valence-corrected chi connectivity index (χ3v) is 6.35. The second-order valence-corrected chi connectivity index (χ2v) is 8.65. The Kier molecular flexibility index (Phi) is 4.77. The highest BCUT2D eigenvalue weighted by atomic mass is 32.2. The third kappa shape index (κ3) is 3.08. The van der Waals surface area contributed by atoms with Crippen molar-refractivity contribution in [2.75, 3.05) is 38.5 Å². The number of rotatable bonds is 4.